The number of aromatic hydroxyl groups is 2. The number of hydrogen-bond acceptors (Lipinski definition) is 3. The number of nitrogens with zero attached hydrogens (tertiary/aromatic N) is 1. The molecule has 7 aromatic carbocycles. The molecule has 7 rings (SSSR count). The summed E-state index contributed by atoms with van der Waals surface area (Å²) in [6.07, 6.45) is 0.779. The number of quaternary nitrogens is 1. The van der Waals surface area contributed by atoms with Crippen molar-refractivity contribution in [2.24, 2.45) is 0 Å². The molecule has 7 aromatic rings. The molecule has 260 valence electrons. The van der Waals surface area contributed by atoms with Crippen molar-refractivity contribution in [2.75, 3.05) is 0 Å². The van der Waals surface area contributed by atoms with Gasteiger partial charge in [-0.3, -0.25) is 0 Å². The minimum Gasteiger partial charge on any atom is -0.872 e. The molecule has 0 aromatic heterocycles. The molecule has 0 spiro atoms. The lowest BCUT2D eigenvalue weighted by Gasteiger charge is -2.37. The van der Waals surface area contributed by atoms with Gasteiger partial charge in [0.25, 0.3) is 0 Å². The summed E-state index contributed by atoms with van der Waals surface area (Å²) in [6, 6.07) is 57.7. The lowest BCUT2D eigenvalue weighted by atomic mass is 9.94. The number of hydrogen-bond donors (Lipinski definition) is 2. The molecule has 0 atom stereocenters. The highest BCUT2D eigenvalue weighted by atomic mass is 16.3. The van der Waals surface area contributed by atoms with E-state index in [4.69, 9.17) is 0 Å². The van der Waals surface area contributed by atoms with Crippen LogP contribution in [0.2, 0.25) is 0 Å². The second-order valence-electron chi connectivity index (χ2n) is 13.5. The van der Waals surface area contributed by atoms with Gasteiger partial charge in [0.2, 0.25) is 0 Å². The van der Waals surface area contributed by atoms with Crippen molar-refractivity contribution >= 4 is 17.1 Å². The molecule has 0 heterocycles. The topological polar surface area (TPSA) is 63.5 Å². The van der Waals surface area contributed by atoms with Gasteiger partial charge in [-0.1, -0.05) is 149 Å². The van der Waals surface area contributed by atoms with E-state index in [9.17, 15) is 15.3 Å². The fourth-order valence-electron chi connectivity index (χ4n) is 6.94. The Kier molecular flexibility index (Phi) is 11.2. The van der Waals surface area contributed by atoms with Crippen LogP contribution in [0.1, 0.15) is 44.5 Å². The van der Waals surface area contributed by atoms with Crippen molar-refractivity contribution in [3.8, 4) is 17.2 Å². The zero-order chi connectivity index (χ0) is 36.5. The van der Waals surface area contributed by atoms with Crippen LogP contribution in [-0.4, -0.2) is 10.2 Å². The second kappa shape index (κ2) is 16.3. The molecule has 0 amide bonds. The van der Waals surface area contributed by atoms with Crippen LogP contribution in [0.25, 0.3) is 0 Å². The van der Waals surface area contributed by atoms with Crippen molar-refractivity contribution < 1.29 is 15.3 Å². The van der Waals surface area contributed by atoms with Crippen molar-refractivity contribution in [1.82, 2.24) is 4.48 Å². The van der Waals surface area contributed by atoms with Gasteiger partial charge >= 0.3 is 0 Å². The first kappa shape index (κ1) is 35.7. The minimum absolute atomic E-state index is 0.0302. The average Bonchev–Trinajstić information content (AvgIpc) is 3.17. The average molecular weight is 684 g/mol. The van der Waals surface area contributed by atoms with Crippen molar-refractivity contribution in [1.29, 1.82) is 0 Å². The maximum Gasteiger partial charge on any atom is 0.143 e. The first-order chi connectivity index (χ1) is 25.2. The van der Waals surface area contributed by atoms with Crippen LogP contribution in [0.3, 0.4) is 0 Å². The molecule has 0 aliphatic carbocycles. The Morgan fingerprint density at radius 1 is 0.423 bits per heavy atom. The van der Waals surface area contributed by atoms with E-state index in [1.807, 2.05) is 57.2 Å². The summed E-state index contributed by atoms with van der Waals surface area (Å²) in [7, 11) is 0. The van der Waals surface area contributed by atoms with E-state index >= 15 is 0 Å². The monoisotopic (exact) mass is 683 g/mol. The smallest absolute Gasteiger partial charge is 0.143 e. The summed E-state index contributed by atoms with van der Waals surface area (Å²) in [5, 5.41) is 33.1. The van der Waals surface area contributed by atoms with Gasteiger partial charge in [-0.05, 0) is 80.4 Å². The summed E-state index contributed by atoms with van der Waals surface area (Å²) >= 11 is 0. The molecule has 0 unspecified atom stereocenters. The van der Waals surface area contributed by atoms with Gasteiger partial charge in [0.15, 0.2) is 0 Å². The van der Waals surface area contributed by atoms with Crippen LogP contribution < -0.4 is 9.59 Å². The highest BCUT2D eigenvalue weighted by molar-refractivity contribution is 5.71. The van der Waals surface area contributed by atoms with E-state index in [0.717, 1.165) is 34.4 Å². The van der Waals surface area contributed by atoms with Gasteiger partial charge in [0, 0.05) is 18.4 Å². The van der Waals surface area contributed by atoms with Crippen LogP contribution >= 0.6 is 0 Å². The summed E-state index contributed by atoms with van der Waals surface area (Å²) < 4.78 is 0.659. The van der Waals surface area contributed by atoms with Crippen LogP contribution in [0.15, 0.2) is 170 Å². The van der Waals surface area contributed by atoms with Crippen molar-refractivity contribution in [3.63, 3.8) is 0 Å². The molecule has 4 nitrogen and oxygen atoms in total. The maximum absolute atomic E-state index is 13.0. The Morgan fingerprint density at radius 2 is 0.769 bits per heavy atom. The zero-order valence-electron chi connectivity index (χ0n) is 30.0. The van der Waals surface area contributed by atoms with Crippen molar-refractivity contribution in [2.45, 2.75) is 40.2 Å². The SMILES string of the molecule is Cc1ccc(O)c(Cc2cc(C)cc(Cc3cc(C)ccc3O)c2[O-])c1.c1ccc(C[N+](c2ccccc2)(c2ccccc2)c2ccccc2)cc1. The van der Waals surface area contributed by atoms with Gasteiger partial charge in [0.05, 0.1) is 0 Å². The van der Waals surface area contributed by atoms with E-state index in [-0.39, 0.29) is 17.2 Å². The number of phenols is 2. The van der Waals surface area contributed by atoms with Crippen LogP contribution in [-0.2, 0) is 19.4 Å². The summed E-state index contributed by atoms with van der Waals surface area (Å²) in [4.78, 5) is 0. The summed E-state index contributed by atoms with van der Waals surface area (Å²) in [6.45, 7) is 6.74. The quantitative estimate of drug-likeness (QED) is 0.149. The minimum atomic E-state index is -0.0302. The maximum atomic E-state index is 13.0. The summed E-state index contributed by atoms with van der Waals surface area (Å²) in [5.74, 6) is 0.376. The third kappa shape index (κ3) is 8.26. The van der Waals surface area contributed by atoms with E-state index in [1.54, 1.807) is 12.1 Å². The van der Waals surface area contributed by atoms with E-state index in [2.05, 4.69) is 121 Å². The van der Waals surface area contributed by atoms with Gasteiger partial charge < -0.3 is 15.3 Å². The van der Waals surface area contributed by atoms with Gasteiger partial charge in [-0.25, -0.2) is 4.48 Å². The molecular formula is C48H45NO3. The zero-order valence-corrected chi connectivity index (χ0v) is 30.0. The molecule has 0 saturated heterocycles. The predicted molar refractivity (Wildman–Crippen MR) is 213 cm³/mol. The second-order valence-corrected chi connectivity index (χ2v) is 13.5. The Morgan fingerprint density at radius 3 is 1.15 bits per heavy atom. The Labute approximate surface area is 307 Å². The molecule has 0 aliphatic rings. The number of aryl methyl sites for hydroxylation is 3. The van der Waals surface area contributed by atoms with Crippen molar-refractivity contribution in [3.05, 3.63) is 214 Å². The highest BCUT2D eigenvalue weighted by Gasteiger charge is 2.36. The largest absolute Gasteiger partial charge is 0.872 e. The molecule has 2 N–H and O–H groups in total. The highest BCUT2D eigenvalue weighted by Crippen LogP contribution is 2.45. The fourth-order valence-corrected chi connectivity index (χ4v) is 6.94. The molecule has 52 heavy (non-hydrogen) atoms. The number of phenolic OH excluding ortho intramolecular Hbond substituents is 2. The fraction of sp³-hybridized carbons (Fsp3) is 0.125. The molecule has 0 bridgehead atoms. The third-order valence-electron chi connectivity index (χ3n) is 9.47. The summed E-state index contributed by atoms with van der Waals surface area (Å²) in [5.41, 5.74) is 11.0. The molecule has 0 fully saturated rings. The molecule has 0 saturated carbocycles. The van der Waals surface area contributed by atoms with Crippen LogP contribution in [0, 0.1) is 20.8 Å². The number of rotatable bonds is 9. The lowest BCUT2D eigenvalue weighted by Crippen LogP contribution is -2.38. The molecule has 4 heteroatoms. The predicted octanol–water partition coefficient (Wildman–Crippen LogP) is 11.1. The first-order valence-electron chi connectivity index (χ1n) is 17.7. The van der Waals surface area contributed by atoms with E-state index in [1.165, 1.54) is 22.6 Å². The molecule has 0 aliphatic heterocycles. The van der Waals surface area contributed by atoms with Gasteiger partial charge in [-0.15, -0.1) is 5.75 Å². The van der Waals surface area contributed by atoms with E-state index in [0.29, 0.717) is 28.5 Å². The normalized spacial score (nSPS) is 11.1. The third-order valence-corrected chi connectivity index (χ3v) is 9.47. The molecule has 0 radical (unpaired) electrons. The standard InChI is InChI=1S/C25H22N.C23H24O3/c1-5-13-22(14-6-1)21-26(23-15-7-2-8-16-23,24-17-9-3-10-18-24)25-19-11-4-12-20-25;1-14-4-6-21(24)17(8-14)12-19-10-16(3)11-20(23(19)26)13-18-9-15(2)5-7-22(18)25/h1-20H,21H2;4-11,24-26H,12-13H2,1-3H3/q+1;/p-1. The van der Waals surface area contributed by atoms with E-state index < -0.39 is 0 Å². The number of para-hydroxylation sites is 3. The number of benzene rings is 7. The lowest BCUT2D eigenvalue weighted by molar-refractivity contribution is -0.270. The van der Waals surface area contributed by atoms with Gasteiger partial charge in [-0.2, -0.15) is 0 Å². The van der Waals surface area contributed by atoms with Crippen LogP contribution in [0.5, 0.6) is 17.2 Å². The molecular weight excluding hydrogens is 639 g/mol. The first-order valence-corrected chi connectivity index (χ1v) is 17.7. The Bertz CT molecular complexity index is 2050. The Balaban J connectivity index is 0.000000179. The Hall–Kier alpha value is -6.10. The van der Waals surface area contributed by atoms with Crippen LogP contribution in [0.4, 0.5) is 17.1 Å². The van der Waals surface area contributed by atoms with Gasteiger partial charge in [0.1, 0.15) is 35.1 Å².